The minimum absolute atomic E-state index is 0.517. The first kappa shape index (κ1) is 10.2. The molecule has 0 aliphatic heterocycles. The first-order valence-electron chi connectivity index (χ1n) is 4.93. The van der Waals surface area contributed by atoms with Gasteiger partial charge in [0.15, 0.2) is 0 Å². The number of hydrogen-bond donors (Lipinski definition) is 2. The predicted molar refractivity (Wildman–Crippen MR) is 58.4 cm³/mol. The van der Waals surface area contributed by atoms with Gasteiger partial charge in [0.05, 0.1) is 0 Å². The second kappa shape index (κ2) is 3.35. The monoisotopic (exact) mass is 207 g/mol. The average Bonchev–Trinajstić information content (AvgIpc) is 2.58. The predicted octanol–water partition coefficient (Wildman–Crippen LogP) is 2.95. The minimum atomic E-state index is -1.64. The fourth-order valence-electron chi connectivity index (χ4n) is 1.61. The van der Waals surface area contributed by atoms with Gasteiger partial charge >= 0.3 is 0 Å². The molecule has 2 aromatic rings. The zero-order valence-electron chi connectivity index (χ0n) is 8.79. The van der Waals surface area contributed by atoms with E-state index in [9.17, 15) is 9.50 Å². The van der Waals surface area contributed by atoms with E-state index < -0.39 is 11.8 Å². The molecule has 2 rings (SSSR count). The topological polar surface area (TPSA) is 36.0 Å². The first-order valence-corrected chi connectivity index (χ1v) is 4.93. The SMILES string of the molecule is CC(C)(F)C(O)c1cc2ccccc2[nH]1. The van der Waals surface area contributed by atoms with E-state index in [1.807, 2.05) is 24.3 Å². The number of nitrogens with one attached hydrogen (secondary N) is 1. The van der Waals surface area contributed by atoms with Crippen molar-refractivity contribution in [2.45, 2.75) is 25.6 Å². The van der Waals surface area contributed by atoms with Crippen molar-refractivity contribution in [3.8, 4) is 0 Å². The zero-order chi connectivity index (χ0) is 11.1. The van der Waals surface area contributed by atoms with E-state index in [0.29, 0.717) is 5.69 Å². The Labute approximate surface area is 87.7 Å². The number of hydrogen-bond acceptors (Lipinski definition) is 1. The quantitative estimate of drug-likeness (QED) is 0.780. The van der Waals surface area contributed by atoms with Crippen molar-refractivity contribution in [2.75, 3.05) is 0 Å². The summed E-state index contributed by atoms with van der Waals surface area (Å²) in [6, 6.07) is 9.41. The molecule has 0 amide bonds. The van der Waals surface area contributed by atoms with E-state index in [0.717, 1.165) is 10.9 Å². The van der Waals surface area contributed by atoms with E-state index in [1.165, 1.54) is 13.8 Å². The van der Waals surface area contributed by atoms with Gasteiger partial charge in [0, 0.05) is 11.2 Å². The van der Waals surface area contributed by atoms with E-state index in [4.69, 9.17) is 0 Å². The molecule has 1 aromatic carbocycles. The van der Waals surface area contributed by atoms with Crippen LogP contribution >= 0.6 is 0 Å². The van der Waals surface area contributed by atoms with Crippen molar-refractivity contribution < 1.29 is 9.50 Å². The Morgan fingerprint density at radius 2 is 2.00 bits per heavy atom. The normalized spacial score (nSPS) is 14.4. The summed E-state index contributed by atoms with van der Waals surface area (Å²) in [6.45, 7) is 2.73. The van der Waals surface area contributed by atoms with Gasteiger partial charge in [-0.1, -0.05) is 18.2 Å². The molecule has 0 saturated heterocycles. The van der Waals surface area contributed by atoms with Gasteiger partial charge in [0.1, 0.15) is 11.8 Å². The molecule has 3 heteroatoms. The third-order valence-corrected chi connectivity index (χ3v) is 2.50. The average molecular weight is 207 g/mol. The van der Waals surface area contributed by atoms with E-state index in [2.05, 4.69) is 4.98 Å². The molecule has 0 aliphatic rings. The number of H-pyrrole nitrogens is 1. The number of halogens is 1. The lowest BCUT2D eigenvalue weighted by Gasteiger charge is -2.20. The summed E-state index contributed by atoms with van der Waals surface area (Å²) in [7, 11) is 0. The Morgan fingerprint density at radius 3 is 2.60 bits per heavy atom. The summed E-state index contributed by atoms with van der Waals surface area (Å²) < 4.78 is 13.5. The summed E-state index contributed by atoms with van der Waals surface area (Å²) in [5, 5.41) is 10.7. The van der Waals surface area contributed by atoms with Crippen molar-refractivity contribution in [1.82, 2.24) is 4.98 Å². The summed E-state index contributed by atoms with van der Waals surface area (Å²) >= 11 is 0. The van der Waals surface area contributed by atoms with Gasteiger partial charge in [-0.3, -0.25) is 0 Å². The maximum Gasteiger partial charge on any atom is 0.136 e. The van der Waals surface area contributed by atoms with E-state index in [1.54, 1.807) is 6.07 Å². The van der Waals surface area contributed by atoms with Crippen molar-refractivity contribution in [2.24, 2.45) is 0 Å². The Kier molecular flexibility index (Phi) is 2.27. The zero-order valence-corrected chi connectivity index (χ0v) is 8.79. The van der Waals surface area contributed by atoms with Crippen LogP contribution in [0.5, 0.6) is 0 Å². The van der Waals surface area contributed by atoms with Gasteiger partial charge < -0.3 is 10.1 Å². The third kappa shape index (κ3) is 1.88. The van der Waals surface area contributed by atoms with Crippen LogP contribution in [0.15, 0.2) is 30.3 Å². The Bertz CT molecular complexity index is 437. The molecule has 0 saturated carbocycles. The Hall–Kier alpha value is -1.35. The molecule has 1 atom stereocenters. The number of benzene rings is 1. The Morgan fingerprint density at radius 1 is 1.33 bits per heavy atom. The van der Waals surface area contributed by atoms with E-state index in [-0.39, 0.29) is 0 Å². The van der Waals surface area contributed by atoms with Crippen LogP contribution in [0.1, 0.15) is 25.6 Å². The van der Waals surface area contributed by atoms with Crippen LogP contribution in [0.4, 0.5) is 4.39 Å². The highest BCUT2D eigenvalue weighted by atomic mass is 19.1. The second-order valence-electron chi connectivity index (χ2n) is 4.28. The number of aromatic nitrogens is 1. The van der Waals surface area contributed by atoms with E-state index >= 15 is 0 Å². The van der Waals surface area contributed by atoms with Crippen molar-refractivity contribution in [3.63, 3.8) is 0 Å². The molecule has 2 N–H and O–H groups in total. The van der Waals surface area contributed by atoms with Gasteiger partial charge in [0.25, 0.3) is 0 Å². The number of aliphatic hydroxyl groups excluding tert-OH is 1. The van der Waals surface area contributed by atoms with Crippen LogP contribution in [0.25, 0.3) is 10.9 Å². The molecule has 2 nitrogen and oxygen atoms in total. The summed E-state index contributed by atoms with van der Waals surface area (Å²) in [5.74, 6) is 0. The van der Waals surface area contributed by atoms with Crippen molar-refractivity contribution in [3.05, 3.63) is 36.0 Å². The number of aromatic amines is 1. The minimum Gasteiger partial charge on any atom is -0.384 e. The maximum atomic E-state index is 13.5. The molecule has 1 heterocycles. The molecular weight excluding hydrogens is 193 g/mol. The van der Waals surface area contributed by atoms with Crippen LogP contribution < -0.4 is 0 Å². The van der Waals surface area contributed by atoms with Crippen LogP contribution in [0.2, 0.25) is 0 Å². The van der Waals surface area contributed by atoms with Crippen LogP contribution in [-0.2, 0) is 0 Å². The number of alkyl halides is 1. The summed E-state index contributed by atoms with van der Waals surface area (Å²) in [4.78, 5) is 3.01. The highest BCUT2D eigenvalue weighted by molar-refractivity contribution is 5.80. The molecule has 0 spiro atoms. The first-order chi connectivity index (χ1) is 6.98. The maximum absolute atomic E-state index is 13.5. The van der Waals surface area contributed by atoms with Crippen LogP contribution in [-0.4, -0.2) is 15.8 Å². The number of fused-ring (bicyclic) bond motifs is 1. The number of aliphatic hydroxyl groups is 1. The van der Waals surface area contributed by atoms with Crippen molar-refractivity contribution >= 4 is 10.9 Å². The van der Waals surface area contributed by atoms with Crippen LogP contribution in [0, 0.1) is 0 Å². The third-order valence-electron chi connectivity index (χ3n) is 2.50. The fraction of sp³-hybridized carbons (Fsp3) is 0.333. The summed E-state index contributed by atoms with van der Waals surface area (Å²) in [6.07, 6.45) is -1.12. The molecule has 0 radical (unpaired) electrons. The highest BCUT2D eigenvalue weighted by Gasteiger charge is 2.29. The fourth-order valence-corrected chi connectivity index (χ4v) is 1.61. The smallest absolute Gasteiger partial charge is 0.136 e. The molecule has 1 aromatic heterocycles. The number of rotatable bonds is 2. The van der Waals surface area contributed by atoms with Gasteiger partial charge in [-0.15, -0.1) is 0 Å². The molecule has 0 bridgehead atoms. The van der Waals surface area contributed by atoms with Gasteiger partial charge in [0.2, 0.25) is 0 Å². The molecule has 15 heavy (non-hydrogen) atoms. The second-order valence-corrected chi connectivity index (χ2v) is 4.28. The molecule has 0 fully saturated rings. The van der Waals surface area contributed by atoms with Crippen molar-refractivity contribution in [1.29, 1.82) is 0 Å². The van der Waals surface area contributed by atoms with Gasteiger partial charge in [-0.25, -0.2) is 4.39 Å². The molecule has 1 unspecified atom stereocenters. The molecule has 0 aliphatic carbocycles. The Balaban J connectivity index is 2.45. The lowest BCUT2D eigenvalue weighted by Crippen LogP contribution is -2.23. The van der Waals surface area contributed by atoms with Gasteiger partial charge in [-0.05, 0) is 31.4 Å². The number of para-hydroxylation sites is 1. The summed E-state index contributed by atoms with van der Waals surface area (Å²) in [5.41, 5.74) is -0.208. The lowest BCUT2D eigenvalue weighted by molar-refractivity contribution is 0.0138. The standard InChI is InChI=1S/C12H14FNO/c1-12(2,13)11(15)10-7-8-5-3-4-6-9(8)14-10/h3-7,11,14-15H,1-2H3. The molecule has 80 valence electrons. The van der Waals surface area contributed by atoms with Crippen LogP contribution in [0.3, 0.4) is 0 Å². The largest absolute Gasteiger partial charge is 0.384 e. The van der Waals surface area contributed by atoms with Gasteiger partial charge in [-0.2, -0.15) is 0 Å². The highest BCUT2D eigenvalue weighted by Crippen LogP contribution is 2.30. The lowest BCUT2D eigenvalue weighted by atomic mass is 10.0. The molecular formula is C12H14FNO.